The van der Waals surface area contributed by atoms with Gasteiger partial charge in [-0.25, -0.2) is 0 Å². The molecule has 3 aromatic heterocycles. The van der Waals surface area contributed by atoms with Gasteiger partial charge in [-0.05, 0) is 50.2 Å². The summed E-state index contributed by atoms with van der Waals surface area (Å²) in [4.78, 5) is 23.1. The van der Waals surface area contributed by atoms with Gasteiger partial charge in [0.05, 0.1) is 26.9 Å². The molecule has 4 heterocycles. The predicted molar refractivity (Wildman–Crippen MR) is 117 cm³/mol. The number of fused-ring (bicyclic) bond motifs is 2. The molecule has 0 unspecified atom stereocenters. The molecule has 7 heteroatoms. The van der Waals surface area contributed by atoms with Crippen molar-refractivity contribution in [3.05, 3.63) is 53.2 Å². The third-order valence-electron chi connectivity index (χ3n) is 5.19. The molecule has 0 bridgehead atoms. The van der Waals surface area contributed by atoms with Gasteiger partial charge >= 0.3 is 0 Å². The van der Waals surface area contributed by atoms with Gasteiger partial charge < -0.3 is 19.9 Å². The second-order valence-electron chi connectivity index (χ2n) is 7.35. The van der Waals surface area contributed by atoms with Crippen molar-refractivity contribution in [1.29, 1.82) is 0 Å². The van der Waals surface area contributed by atoms with Gasteiger partial charge in [-0.1, -0.05) is 0 Å². The highest BCUT2D eigenvalue weighted by Crippen LogP contribution is 2.34. The number of carbonyl (C=O) groups excluding carboxylic acids is 1. The third kappa shape index (κ3) is 3.36. The molecule has 1 aromatic carbocycles. The van der Waals surface area contributed by atoms with Crippen LogP contribution in [0.25, 0.3) is 21.1 Å². The van der Waals surface area contributed by atoms with Crippen LogP contribution in [-0.4, -0.2) is 46.6 Å². The number of likely N-dealkylation sites (tertiary alicyclic amines) is 1. The van der Waals surface area contributed by atoms with Crippen molar-refractivity contribution >= 4 is 49.7 Å². The Morgan fingerprint density at radius 2 is 2.17 bits per heavy atom. The number of aryl methyl sites for hydroxylation is 1. The second kappa shape index (κ2) is 7.17. The number of amides is 1. The Balaban J connectivity index is 1.40. The first-order chi connectivity index (χ1) is 14.1. The van der Waals surface area contributed by atoms with Crippen molar-refractivity contribution in [2.45, 2.75) is 20.0 Å². The summed E-state index contributed by atoms with van der Waals surface area (Å²) in [7, 11) is 0. The number of hydrogen-bond donors (Lipinski definition) is 2. The van der Waals surface area contributed by atoms with Crippen molar-refractivity contribution < 1.29 is 9.53 Å². The molecule has 0 atom stereocenters. The Morgan fingerprint density at radius 3 is 3.00 bits per heavy atom. The smallest absolute Gasteiger partial charge is 0.264 e. The molecule has 6 nitrogen and oxygen atoms in total. The molecule has 1 amide bonds. The molecular formula is C22H22N4O2S. The lowest BCUT2D eigenvalue weighted by molar-refractivity contribution is -0.0376. The minimum absolute atomic E-state index is 0.0547. The molecule has 1 saturated heterocycles. The lowest BCUT2D eigenvalue weighted by Crippen LogP contribution is -2.54. The Bertz CT molecular complexity index is 1210. The third-order valence-corrected chi connectivity index (χ3v) is 6.34. The van der Waals surface area contributed by atoms with Crippen LogP contribution in [0.15, 0.2) is 42.6 Å². The summed E-state index contributed by atoms with van der Waals surface area (Å²) >= 11 is 1.49. The number of nitrogens with one attached hydrogen (secondary N) is 2. The van der Waals surface area contributed by atoms with Crippen molar-refractivity contribution in [3.8, 4) is 0 Å². The van der Waals surface area contributed by atoms with E-state index in [1.165, 1.54) is 16.7 Å². The van der Waals surface area contributed by atoms with Crippen LogP contribution in [0, 0.1) is 6.92 Å². The summed E-state index contributed by atoms with van der Waals surface area (Å²) in [5.41, 5.74) is 5.07. The zero-order valence-electron chi connectivity index (χ0n) is 16.4. The summed E-state index contributed by atoms with van der Waals surface area (Å²) in [6.45, 7) is 6.04. The summed E-state index contributed by atoms with van der Waals surface area (Å²) in [5.74, 6) is 0.0547. The highest BCUT2D eigenvalue weighted by Gasteiger charge is 2.32. The fourth-order valence-electron chi connectivity index (χ4n) is 3.75. The van der Waals surface area contributed by atoms with Crippen LogP contribution < -0.4 is 5.32 Å². The largest absolute Gasteiger partial charge is 0.375 e. The van der Waals surface area contributed by atoms with E-state index in [1.54, 1.807) is 6.20 Å². The first kappa shape index (κ1) is 18.1. The van der Waals surface area contributed by atoms with Gasteiger partial charge in [0.1, 0.15) is 0 Å². The summed E-state index contributed by atoms with van der Waals surface area (Å²) < 4.78 is 6.54. The normalized spacial score (nSPS) is 14.5. The number of rotatable bonds is 5. The first-order valence-corrected chi connectivity index (χ1v) is 10.6. The Morgan fingerprint density at radius 1 is 1.31 bits per heavy atom. The lowest BCUT2D eigenvalue weighted by atomic mass is 10.1. The van der Waals surface area contributed by atoms with E-state index in [4.69, 9.17) is 4.74 Å². The van der Waals surface area contributed by atoms with Crippen molar-refractivity contribution in [3.63, 3.8) is 0 Å². The minimum Gasteiger partial charge on any atom is -0.375 e. The zero-order chi connectivity index (χ0) is 20.0. The van der Waals surface area contributed by atoms with Crippen molar-refractivity contribution in [2.24, 2.45) is 0 Å². The highest BCUT2D eigenvalue weighted by atomic mass is 32.1. The van der Waals surface area contributed by atoms with Crippen LogP contribution in [0.3, 0.4) is 0 Å². The SMILES string of the molecule is CCOC1CN(C(=O)c2cc3nccc(Nc4ccc5[nH]c(C)cc5c4)c3s2)C1. The molecule has 29 heavy (non-hydrogen) atoms. The molecule has 148 valence electrons. The number of H-pyrrole nitrogens is 1. The van der Waals surface area contributed by atoms with Crippen LogP contribution >= 0.6 is 11.3 Å². The second-order valence-corrected chi connectivity index (χ2v) is 8.40. The van der Waals surface area contributed by atoms with Crippen LogP contribution in [0.4, 0.5) is 11.4 Å². The van der Waals surface area contributed by atoms with Crippen molar-refractivity contribution in [2.75, 3.05) is 25.0 Å². The molecule has 0 aliphatic carbocycles. The maximum atomic E-state index is 12.8. The molecule has 4 aromatic rings. The van der Waals surface area contributed by atoms with Gasteiger partial charge in [0.2, 0.25) is 0 Å². The highest BCUT2D eigenvalue weighted by molar-refractivity contribution is 7.21. The molecule has 0 spiro atoms. The number of ether oxygens (including phenoxy) is 1. The number of benzene rings is 1. The van der Waals surface area contributed by atoms with Gasteiger partial charge in [0.25, 0.3) is 5.91 Å². The topological polar surface area (TPSA) is 70.2 Å². The summed E-state index contributed by atoms with van der Waals surface area (Å²) in [6.07, 6.45) is 1.94. The maximum absolute atomic E-state index is 12.8. The lowest BCUT2D eigenvalue weighted by Gasteiger charge is -2.38. The number of thiophene rings is 1. The van der Waals surface area contributed by atoms with Crippen molar-refractivity contribution in [1.82, 2.24) is 14.9 Å². The molecular weight excluding hydrogens is 384 g/mol. The number of hydrogen-bond acceptors (Lipinski definition) is 5. The maximum Gasteiger partial charge on any atom is 0.264 e. The van der Waals surface area contributed by atoms with E-state index in [-0.39, 0.29) is 12.0 Å². The molecule has 0 radical (unpaired) electrons. The quantitative estimate of drug-likeness (QED) is 0.504. The number of anilines is 2. The van der Waals surface area contributed by atoms with E-state index in [9.17, 15) is 4.79 Å². The minimum atomic E-state index is 0.0547. The van der Waals surface area contributed by atoms with E-state index in [1.807, 2.05) is 24.0 Å². The zero-order valence-corrected chi connectivity index (χ0v) is 17.2. The molecule has 1 aliphatic rings. The van der Waals surface area contributed by atoms with Crippen LogP contribution in [0.2, 0.25) is 0 Å². The van der Waals surface area contributed by atoms with E-state index < -0.39 is 0 Å². The fraction of sp³-hybridized carbons (Fsp3) is 0.273. The van der Waals surface area contributed by atoms with Crippen LogP contribution in [0.1, 0.15) is 22.3 Å². The average Bonchev–Trinajstić information content (AvgIpc) is 3.26. The van der Waals surface area contributed by atoms with E-state index in [2.05, 4.69) is 46.5 Å². The van der Waals surface area contributed by atoms with Gasteiger partial charge in [-0.3, -0.25) is 9.78 Å². The van der Waals surface area contributed by atoms with Crippen LogP contribution in [0.5, 0.6) is 0 Å². The average molecular weight is 407 g/mol. The number of aromatic nitrogens is 2. The Labute approximate surface area is 172 Å². The van der Waals surface area contributed by atoms with Gasteiger partial charge in [-0.15, -0.1) is 11.3 Å². The fourth-order valence-corrected chi connectivity index (χ4v) is 4.81. The molecule has 5 rings (SSSR count). The van der Waals surface area contributed by atoms with E-state index in [0.29, 0.717) is 24.6 Å². The Kier molecular flexibility index (Phi) is 4.49. The number of pyridine rings is 1. The monoisotopic (exact) mass is 406 g/mol. The molecule has 0 saturated carbocycles. The van der Waals surface area contributed by atoms with Gasteiger partial charge in [0, 0.05) is 48.2 Å². The number of aromatic amines is 1. The summed E-state index contributed by atoms with van der Waals surface area (Å²) in [5, 5.41) is 4.66. The predicted octanol–water partition coefficient (Wildman–Crippen LogP) is 4.69. The van der Waals surface area contributed by atoms with Gasteiger partial charge in [-0.2, -0.15) is 0 Å². The van der Waals surface area contributed by atoms with E-state index in [0.717, 1.165) is 32.8 Å². The number of carbonyl (C=O) groups is 1. The standard InChI is InChI=1S/C22H22N4O2S/c1-3-28-16-11-26(12-16)22(27)20-10-19-21(29-20)18(6-7-23-19)25-15-4-5-17-14(9-15)8-13(2)24-17/h4-10,16,24H,3,11-12H2,1-2H3,(H,23,25). The Hall–Kier alpha value is -2.90. The molecule has 1 aliphatic heterocycles. The number of nitrogens with zero attached hydrogens (tertiary/aromatic N) is 2. The van der Waals surface area contributed by atoms with Gasteiger partial charge in [0.15, 0.2) is 0 Å². The first-order valence-electron chi connectivity index (χ1n) is 9.76. The van der Waals surface area contributed by atoms with E-state index >= 15 is 0 Å². The molecule has 2 N–H and O–H groups in total. The summed E-state index contributed by atoms with van der Waals surface area (Å²) in [6, 6.07) is 12.2. The van der Waals surface area contributed by atoms with Crippen LogP contribution in [-0.2, 0) is 4.74 Å². The molecule has 1 fully saturated rings.